The molecule has 0 bridgehead atoms. The summed E-state index contributed by atoms with van der Waals surface area (Å²) >= 11 is 6.08. The van der Waals surface area contributed by atoms with Crippen molar-refractivity contribution in [3.05, 3.63) is 88.9 Å². The van der Waals surface area contributed by atoms with E-state index in [4.69, 9.17) is 16.6 Å². The van der Waals surface area contributed by atoms with E-state index in [1.54, 1.807) is 24.3 Å². The molecule has 0 amide bonds. The van der Waals surface area contributed by atoms with Crippen molar-refractivity contribution in [2.45, 2.75) is 4.90 Å². The first kappa shape index (κ1) is 19.2. The van der Waals surface area contributed by atoms with E-state index in [0.717, 1.165) is 17.2 Å². The molecular weight excluding hydrogens is 408 g/mol. The van der Waals surface area contributed by atoms with Crippen LogP contribution in [0.5, 0.6) is 5.88 Å². The molecule has 0 fully saturated rings. The van der Waals surface area contributed by atoms with Crippen molar-refractivity contribution in [2.75, 3.05) is 6.26 Å². The van der Waals surface area contributed by atoms with Gasteiger partial charge < -0.3 is 10.1 Å². The molecule has 0 aliphatic rings. The van der Waals surface area contributed by atoms with Crippen LogP contribution in [0, 0.1) is 0 Å². The van der Waals surface area contributed by atoms with E-state index in [-0.39, 0.29) is 10.8 Å². The molecule has 29 heavy (non-hydrogen) atoms. The van der Waals surface area contributed by atoms with Crippen molar-refractivity contribution in [2.24, 2.45) is 4.99 Å². The van der Waals surface area contributed by atoms with Crippen LogP contribution in [0.15, 0.2) is 82.7 Å². The lowest BCUT2D eigenvalue weighted by Gasteiger charge is -2.08. The van der Waals surface area contributed by atoms with Crippen LogP contribution in [0.25, 0.3) is 10.9 Å². The van der Waals surface area contributed by atoms with Gasteiger partial charge in [-0.1, -0.05) is 48.0 Å². The summed E-state index contributed by atoms with van der Waals surface area (Å²) in [5.41, 5.74) is 3.18. The second-order valence-corrected chi connectivity index (χ2v) is 9.08. The summed E-state index contributed by atoms with van der Waals surface area (Å²) in [5, 5.41) is 12.0. The molecule has 0 atom stereocenters. The minimum atomic E-state index is -3.29. The van der Waals surface area contributed by atoms with Crippen LogP contribution in [-0.2, 0) is 9.84 Å². The Bertz CT molecular complexity index is 1330. The molecule has 0 aliphatic carbocycles. The van der Waals surface area contributed by atoms with Crippen molar-refractivity contribution in [1.82, 2.24) is 4.98 Å². The Morgan fingerprint density at radius 2 is 1.69 bits per heavy atom. The molecule has 146 valence electrons. The summed E-state index contributed by atoms with van der Waals surface area (Å²) in [7, 11) is -3.29. The first-order valence-corrected chi connectivity index (χ1v) is 11.0. The molecule has 0 saturated carbocycles. The summed E-state index contributed by atoms with van der Waals surface area (Å²) in [6, 6.07) is 21.1. The summed E-state index contributed by atoms with van der Waals surface area (Å²) < 4.78 is 23.4. The normalized spacial score (nSPS) is 12.4. The molecule has 5 nitrogen and oxygen atoms in total. The number of halogens is 1. The van der Waals surface area contributed by atoms with Crippen LogP contribution in [0.4, 0.5) is 5.69 Å². The van der Waals surface area contributed by atoms with Crippen molar-refractivity contribution >= 4 is 43.7 Å². The van der Waals surface area contributed by atoms with E-state index < -0.39 is 9.84 Å². The number of aliphatic imine (C=N–C) groups is 1. The van der Waals surface area contributed by atoms with E-state index in [1.807, 2.05) is 36.4 Å². The molecule has 2 N–H and O–H groups in total. The van der Waals surface area contributed by atoms with Gasteiger partial charge in [-0.05, 0) is 36.4 Å². The number of nitrogens with zero attached hydrogens (tertiary/aromatic N) is 1. The maximum Gasteiger partial charge on any atom is 0.199 e. The van der Waals surface area contributed by atoms with Gasteiger partial charge in [-0.25, -0.2) is 13.4 Å². The molecule has 0 saturated heterocycles. The monoisotopic (exact) mass is 424 g/mol. The number of nitrogens with one attached hydrogen (secondary N) is 1. The molecule has 3 aromatic carbocycles. The van der Waals surface area contributed by atoms with Gasteiger partial charge in [0.1, 0.15) is 0 Å². The van der Waals surface area contributed by atoms with Crippen molar-refractivity contribution in [3.8, 4) is 5.88 Å². The number of sulfone groups is 1. The summed E-state index contributed by atoms with van der Waals surface area (Å²) in [4.78, 5) is 7.90. The number of benzene rings is 3. The quantitative estimate of drug-likeness (QED) is 0.447. The number of hydrogen-bond donors (Lipinski definition) is 2. The fraction of sp³-hybridized carbons (Fsp3) is 0.0455. The molecule has 1 aromatic heterocycles. The molecular formula is C22H17ClN2O3S. The third-order valence-corrected chi connectivity index (χ3v) is 5.89. The lowest BCUT2D eigenvalue weighted by atomic mass is 10.0. The fourth-order valence-corrected chi connectivity index (χ4v) is 3.96. The number of hydrogen-bond acceptors (Lipinski definition) is 4. The average Bonchev–Trinajstić information content (AvgIpc) is 3.01. The Morgan fingerprint density at radius 3 is 2.34 bits per heavy atom. The van der Waals surface area contributed by atoms with Crippen LogP contribution >= 0.6 is 11.6 Å². The summed E-state index contributed by atoms with van der Waals surface area (Å²) in [6.45, 7) is 0. The molecule has 7 heteroatoms. The molecule has 1 heterocycles. The van der Waals surface area contributed by atoms with Gasteiger partial charge in [0.25, 0.3) is 0 Å². The Kier molecular flexibility index (Phi) is 4.90. The number of aromatic nitrogens is 1. The number of H-pyrrole nitrogens is 1. The average molecular weight is 425 g/mol. The van der Waals surface area contributed by atoms with Crippen LogP contribution in [-0.4, -0.2) is 30.5 Å². The number of aromatic amines is 1. The standard InChI is InChI=1S/C22H17ClN2O3S/c1-29(27,28)17-10-8-16(9-11-17)24-21(14-5-3-2-4-6-14)20-18-12-7-15(23)13-19(18)25-22(20)26/h2-13,25-26H,1H3. The number of aromatic hydroxyl groups is 1. The molecule has 0 unspecified atom stereocenters. The van der Waals surface area contributed by atoms with E-state index in [2.05, 4.69) is 4.98 Å². The zero-order valence-electron chi connectivity index (χ0n) is 15.4. The topological polar surface area (TPSA) is 82.5 Å². The van der Waals surface area contributed by atoms with Gasteiger partial charge >= 0.3 is 0 Å². The second kappa shape index (κ2) is 7.39. The minimum Gasteiger partial charge on any atom is -0.494 e. The van der Waals surface area contributed by atoms with Crippen LogP contribution in [0.2, 0.25) is 5.02 Å². The smallest absolute Gasteiger partial charge is 0.199 e. The predicted octanol–water partition coefficient (Wildman–Crippen LogP) is 5.10. The van der Waals surface area contributed by atoms with Gasteiger partial charge in [-0.3, -0.25) is 0 Å². The maximum atomic E-state index is 11.7. The lowest BCUT2D eigenvalue weighted by Crippen LogP contribution is -2.03. The molecule has 0 radical (unpaired) electrons. The Labute approximate surface area is 173 Å². The molecule has 0 spiro atoms. The minimum absolute atomic E-state index is 0.0161. The fourth-order valence-electron chi connectivity index (χ4n) is 3.15. The largest absolute Gasteiger partial charge is 0.494 e. The van der Waals surface area contributed by atoms with Gasteiger partial charge in [-0.15, -0.1) is 0 Å². The SMILES string of the molecule is CS(=O)(=O)c1ccc(N=C(c2ccccc2)c2c(O)[nH]c3cc(Cl)ccc23)cc1. The van der Waals surface area contributed by atoms with Crippen molar-refractivity contribution in [1.29, 1.82) is 0 Å². The van der Waals surface area contributed by atoms with E-state index in [9.17, 15) is 13.5 Å². The highest BCUT2D eigenvalue weighted by Gasteiger charge is 2.19. The highest BCUT2D eigenvalue weighted by molar-refractivity contribution is 7.90. The van der Waals surface area contributed by atoms with Crippen molar-refractivity contribution in [3.63, 3.8) is 0 Å². The summed E-state index contributed by atoms with van der Waals surface area (Å²) in [5.74, 6) is -0.0161. The molecule has 4 rings (SSSR count). The Balaban J connectivity index is 1.93. The van der Waals surface area contributed by atoms with Gasteiger partial charge in [0, 0.05) is 22.2 Å². The number of fused-ring (bicyclic) bond motifs is 1. The van der Waals surface area contributed by atoms with Gasteiger partial charge in [0.2, 0.25) is 0 Å². The summed E-state index contributed by atoms with van der Waals surface area (Å²) in [6.07, 6.45) is 1.16. The first-order chi connectivity index (χ1) is 13.8. The number of rotatable bonds is 4. The van der Waals surface area contributed by atoms with Crippen LogP contribution < -0.4 is 0 Å². The van der Waals surface area contributed by atoms with Crippen molar-refractivity contribution < 1.29 is 13.5 Å². The Hall–Kier alpha value is -3.09. The molecule has 4 aromatic rings. The zero-order chi connectivity index (χ0) is 20.6. The van der Waals surface area contributed by atoms with E-state index in [0.29, 0.717) is 27.5 Å². The van der Waals surface area contributed by atoms with Gasteiger partial charge in [-0.2, -0.15) is 0 Å². The third-order valence-electron chi connectivity index (χ3n) is 4.53. The molecule has 0 aliphatic heterocycles. The van der Waals surface area contributed by atoms with E-state index >= 15 is 0 Å². The highest BCUT2D eigenvalue weighted by Crippen LogP contribution is 2.33. The van der Waals surface area contributed by atoms with Gasteiger partial charge in [0.05, 0.1) is 27.4 Å². The maximum absolute atomic E-state index is 11.7. The lowest BCUT2D eigenvalue weighted by molar-refractivity contribution is 0.457. The van der Waals surface area contributed by atoms with Gasteiger partial charge in [0.15, 0.2) is 15.7 Å². The van der Waals surface area contributed by atoms with Crippen LogP contribution in [0.3, 0.4) is 0 Å². The second-order valence-electron chi connectivity index (χ2n) is 6.63. The zero-order valence-corrected chi connectivity index (χ0v) is 17.0. The predicted molar refractivity (Wildman–Crippen MR) is 116 cm³/mol. The third kappa shape index (κ3) is 3.90. The van der Waals surface area contributed by atoms with Crippen LogP contribution in [0.1, 0.15) is 11.1 Å². The Morgan fingerprint density at radius 1 is 1.00 bits per heavy atom. The first-order valence-electron chi connectivity index (χ1n) is 8.78. The highest BCUT2D eigenvalue weighted by atomic mass is 35.5. The van der Waals surface area contributed by atoms with E-state index in [1.165, 1.54) is 12.1 Å².